The van der Waals surface area contributed by atoms with Gasteiger partial charge in [-0.3, -0.25) is 9.59 Å². The monoisotopic (exact) mass is 790 g/mol. The number of amides is 1. The molecule has 2 atom stereocenters. The number of nitrogens with one attached hydrogen (secondary N) is 1. The Morgan fingerprint density at radius 3 is 1.34 bits per heavy atom. The van der Waals surface area contributed by atoms with E-state index in [-0.39, 0.29) is 18.5 Å². The van der Waals surface area contributed by atoms with Gasteiger partial charge in [-0.2, -0.15) is 0 Å². The van der Waals surface area contributed by atoms with Gasteiger partial charge >= 0.3 is 5.97 Å². The summed E-state index contributed by atoms with van der Waals surface area (Å²) >= 11 is 0. The van der Waals surface area contributed by atoms with Gasteiger partial charge in [0.25, 0.3) is 0 Å². The van der Waals surface area contributed by atoms with E-state index in [1.165, 1.54) is 154 Å². The number of ether oxygens (including phenoxy) is 1. The summed E-state index contributed by atoms with van der Waals surface area (Å²) in [6.45, 7) is 4.86. The highest BCUT2D eigenvalue weighted by atomic mass is 16.5. The third-order valence-corrected chi connectivity index (χ3v) is 11.2. The van der Waals surface area contributed by atoms with E-state index < -0.39 is 12.1 Å². The summed E-state index contributed by atoms with van der Waals surface area (Å²) in [5.41, 5.74) is 0. The lowest BCUT2D eigenvalue weighted by Crippen LogP contribution is -2.45. The lowest BCUT2D eigenvalue weighted by Gasteiger charge is -2.22. The number of esters is 1. The van der Waals surface area contributed by atoms with E-state index in [9.17, 15) is 19.8 Å². The van der Waals surface area contributed by atoms with Crippen molar-refractivity contribution in [3.8, 4) is 0 Å². The van der Waals surface area contributed by atoms with Crippen molar-refractivity contribution in [2.24, 2.45) is 0 Å². The summed E-state index contributed by atoms with van der Waals surface area (Å²) in [5.74, 6) is -0.0893. The van der Waals surface area contributed by atoms with Crippen molar-refractivity contribution >= 4 is 11.9 Å². The van der Waals surface area contributed by atoms with E-state index in [0.717, 1.165) is 70.6 Å². The van der Waals surface area contributed by atoms with Crippen LogP contribution in [0, 0.1) is 0 Å². The SMILES string of the molecule is CCCC/C=C\CCCCCCCC(=O)OCCCCCCCC/C=C\CCCCCC(=O)NC(CO)C(O)CCCCCCCCCCCCCCCCC. The van der Waals surface area contributed by atoms with Crippen LogP contribution in [0.3, 0.4) is 0 Å². The second-order valence-corrected chi connectivity index (χ2v) is 16.8. The zero-order valence-electron chi connectivity index (χ0n) is 37.4. The third kappa shape index (κ3) is 42.0. The van der Waals surface area contributed by atoms with Crippen LogP contribution in [-0.4, -0.2) is 47.4 Å². The zero-order chi connectivity index (χ0) is 40.8. The van der Waals surface area contributed by atoms with Crippen molar-refractivity contribution in [2.45, 2.75) is 270 Å². The van der Waals surface area contributed by atoms with Gasteiger partial charge in [-0.25, -0.2) is 0 Å². The predicted molar refractivity (Wildman–Crippen MR) is 241 cm³/mol. The highest BCUT2D eigenvalue weighted by Gasteiger charge is 2.20. The zero-order valence-corrected chi connectivity index (χ0v) is 37.4. The normalized spacial score (nSPS) is 12.9. The minimum atomic E-state index is -0.681. The number of unbranched alkanes of at least 4 members (excludes halogenated alkanes) is 30. The number of rotatable bonds is 45. The Hall–Kier alpha value is -1.66. The van der Waals surface area contributed by atoms with Crippen molar-refractivity contribution in [3.05, 3.63) is 24.3 Å². The van der Waals surface area contributed by atoms with Crippen LogP contribution in [0.2, 0.25) is 0 Å². The van der Waals surface area contributed by atoms with Crippen molar-refractivity contribution in [3.63, 3.8) is 0 Å². The van der Waals surface area contributed by atoms with Crippen LogP contribution in [-0.2, 0) is 14.3 Å². The smallest absolute Gasteiger partial charge is 0.305 e. The van der Waals surface area contributed by atoms with Gasteiger partial charge in [0.2, 0.25) is 5.91 Å². The van der Waals surface area contributed by atoms with E-state index in [4.69, 9.17) is 4.74 Å². The number of hydrogen-bond donors (Lipinski definition) is 3. The van der Waals surface area contributed by atoms with Gasteiger partial charge in [-0.05, 0) is 70.6 Å². The Morgan fingerprint density at radius 2 is 0.857 bits per heavy atom. The Labute approximate surface area is 348 Å². The molecule has 0 aromatic heterocycles. The molecule has 0 saturated carbocycles. The van der Waals surface area contributed by atoms with Gasteiger partial charge in [-0.15, -0.1) is 0 Å². The second kappa shape index (κ2) is 46.0. The molecule has 0 saturated heterocycles. The van der Waals surface area contributed by atoms with Gasteiger partial charge in [0.15, 0.2) is 0 Å². The number of carbonyl (C=O) groups excluding carboxylic acids is 2. The maximum absolute atomic E-state index is 12.4. The topological polar surface area (TPSA) is 95.9 Å². The molecule has 6 heteroatoms. The molecular weight excluding hydrogens is 695 g/mol. The van der Waals surface area contributed by atoms with Crippen molar-refractivity contribution < 1.29 is 24.5 Å². The van der Waals surface area contributed by atoms with Crippen LogP contribution in [0.4, 0.5) is 0 Å². The van der Waals surface area contributed by atoms with Gasteiger partial charge < -0.3 is 20.3 Å². The first kappa shape index (κ1) is 54.3. The number of aliphatic hydroxyl groups excluding tert-OH is 2. The summed E-state index contributed by atoms with van der Waals surface area (Å²) in [7, 11) is 0. The number of carbonyl (C=O) groups is 2. The maximum atomic E-state index is 12.4. The van der Waals surface area contributed by atoms with Crippen molar-refractivity contribution in [1.29, 1.82) is 0 Å². The first-order valence-electron chi connectivity index (χ1n) is 24.6. The summed E-state index contributed by atoms with van der Waals surface area (Å²) in [6, 6.07) is -0.561. The van der Waals surface area contributed by atoms with Crippen LogP contribution in [0.1, 0.15) is 258 Å². The quantitative estimate of drug-likeness (QED) is 0.0324. The van der Waals surface area contributed by atoms with Crippen LogP contribution < -0.4 is 5.32 Å². The van der Waals surface area contributed by atoms with E-state index in [1.54, 1.807) is 0 Å². The Balaban J connectivity index is 3.52. The molecule has 0 aliphatic carbocycles. The molecule has 0 bridgehead atoms. The van der Waals surface area contributed by atoms with E-state index in [1.807, 2.05) is 0 Å². The third-order valence-electron chi connectivity index (χ3n) is 11.2. The number of hydrogen-bond acceptors (Lipinski definition) is 5. The van der Waals surface area contributed by atoms with Gasteiger partial charge in [0.1, 0.15) is 0 Å². The highest BCUT2D eigenvalue weighted by Crippen LogP contribution is 2.16. The van der Waals surface area contributed by atoms with Crippen molar-refractivity contribution in [1.82, 2.24) is 5.32 Å². The minimum absolute atomic E-state index is 0.0240. The van der Waals surface area contributed by atoms with E-state index in [2.05, 4.69) is 43.5 Å². The number of aliphatic hydroxyl groups is 2. The van der Waals surface area contributed by atoms with Crippen LogP contribution in [0.25, 0.3) is 0 Å². The molecule has 0 aromatic carbocycles. The predicted octanol–water partition coefficient (Wildman–Crippen LogP) is 14.3. The van der Waals surface area contributed by atoms with Crippen LogP contribution in [0.15, 0.2) is 24.3 Å². The van der Waals surface area contributed by atoms with Gasteiger partial charge in [0, 0.05) is 12.8 Å². The average Bonchev–Trinajstić information content (AvgIpc) is 3.20. The first-order chi connectivity index (χ1) is 27.5. The maximum Gasteiger partial charge on any atom is 0.305 e. The molecule has 0 aromatic rings. The Bertz CT molecular complexity index is 874. The molecule has 0 radical (unpaired) electrons. The standard InChI is InChI=1S/C50H95NO5/c1-3-5-7-9-11-13-15-16-17-19-23-26-30-34-38-42-48(53)47(46-52)51-49(54)43-39-35-31-27-24-20-18-21-25-29-33-37-41-45-56-50(55)44-40-36-32-28-22-14-12-10-8-6-4-2/h10,12,20,24,47-48,52-53H,3-9,11,13-19,21-23,25-46H2,1-2H3,(H,51,54)/b12-10-,24-20-. The summed E-state index contributed by atoms with van der Waals surface area (Å²) in [6.07, 6.45) is 52.8. The summed E-state index contributed by atoms with van der Waals surface area (Å²) in [5, 5.41) is 23.2. The Kier molecular flexibility index (Phi) is 44.7. The largest absolute Gasteiger partial charge is 0.466 e. The lowest BCUT2D eigenvalue weighted by molar-refractivity contribution is -0.143. The molecule has 0 rings (SSSR count). The molecule has 330 valence electrons. The molecule has 0 fully saturated rings. The molecule has 56 heavy (non-hydrogen) atoms. The summed E-state index contributed by atoms with van der Waals surface area (Å²) < 4.78 is 5.43. The molecule has 2 unspecified atom stereocenters. The molecule has 1 amide bonds. The molecular formula is C50H95NO5. The molecule has 6 nitrogen and oxygen atoms in total. The second-order valence-electron chi connectivity index (χ2n) is 16.8. The molecule has 0 aliphatic rings. The molecule has 0 aliphatic heterocycles. The van der Waals surface area contributed by atoms with Gasteiger partial charge in [0.05, 0.1) is 25.4 Å². The first-order valence-corrected chi connectivity index (χ1v) is 24.6. The summed E-state index contributed by atoms with van der Waals surface area (Å²) in [4.78, 5) is 24.4. The highest BCUT2D eigenvalue weighted by molar-refractivity contribution is 5.76. The van der Waals surface area contributed by atoms with E-state index in [0.29, 0.717) is 25.9 Å². The average molecular weight is 790 g/mol. The molecule has 3 N–H and O–H groups in total. The minimum Gasteiger partial charge on any atom is -0.466 e. The number of allylic oxidation sites excluding steroid dienone is 4. The lowest BCUT2D eigenvalue weighted by atomic mass is 10.0. The van der Waals surface area contributed by atoms with E-state index >= 15 is 0 Å². The van der Waals surface area contributed by atoms with Crippen LogP contribution >= 0.6 is 0 Å². The molecule has 0 heterocycles. The fourth-order valence-electron chi connectivity index (χ4n) is 7.38. The van der Waals surface area contributed by atoms with Crippen LogP contribution in [0.5, 0.6) is 0 Å². The van der Waals surface area contributed by atoms with Crippen molar-refractivity contribution in [2.75, 3.05) is 13.2 Å². The van der Waals surface area contributed by atoms with Gasteiger partial charge in [-0.1, -0.05) is 199 Å². The fraction of sp³-hybridized carbons (Fsp3) is 0.880. The molecule has 0 spiro atoms. The Morgan fingerprint density at radius 1 is 0.482 bits per heavy atom. The fourth-order valence-corrected chi connectivity index (χ4v) is 7.38.